The Labute approximate surface area is 126 Å². The fourth-order valence-corrected chi connectivity index (χ4v) is 3.03. The van der Waals surface area contributed by atoms with E-state index in [9.17, 15) is 4.79 Å². The summed E-state index contributed by atoms with van der Waals surface area (Å²) in [6.07, 6.45) is 0.914. The van der Waals surface area contributed by atoms with Crippen molar-refractivity contribution in [3.8, 4) is 5.69 Å². The molecule has 0 saturated heterocycles. The van der Waals surface area contributed by atoms with Gasteiger partial charge in [-0.1, -0.05) is 28.1 Å². The molecule has 0 spiro atoms. The van der Waals surface area contributed by atoms with E-state index < -0.39 is 0 Å². The first-order valence-corrected chi connectivity index (χ1v) is 7.23. The number of fused-ring (bicyclic) bond motifs is 1. The molecule has 0 aliphatic heterocycles. The summed E-state index contributed by atoms with van der Waals surface area (Å²) in [5, 5.41) is 2.38. The summed E-state index contributed by atoms with van der Waals surface area (Å²) in [6, 6.07) is 14.5. The second-order valence-corrected chi connectivity index (χ2v) is 5.87. The van der Waals surface area contributed by atoms with Crippen LogP contribution in [-0.2, 0) is 0 Å². The standard InChI is InChI=1S/C17H14BrNO/c1-11-7-15(10-20)12(2)19(11)17-6-4-13-8-16(18)5-3-14(13)9-17/h3-10H,1-2H3. The van der Waals surface area contributed by atoms with Crippen molar-refractivity contribution >= 4 is 33.0 Å². The summed E-state index contributed by atoms with van der Waals surface area (Å²) in [5.74, 6) is 0. The van der Waals surface area contributed by atoms with Crippen LogP contribution in [-0.4, -0.2) is 10.9 Å². The number of nitrogens with zero attached hydrogens (tertiary/aromatic N) is 1. The second kappa shape index (κ2) is 4.91. The average molecular weight is 328 g/mol. The van der Waals surface area contributed by atoms with Crippen molar-refractivity contribution in [2.24, 2.45) is 0 Å². The fraction of sp³-hybridized carbons (Fsp3) is 0.118. The van der Waals surface area contributed by atoms with Gasteiger partial charge in [-0.05, 0) is 55.0 Å². The highest BCUT2D eigenvalue weighted by molar-refractivity contribution is 9.10. The van der Waals surface area contributed by atoms with E-state index in [1.165, 1.54) is 10.8 Å². The van der Waals surface area contributed by atoms with Gasteiger partial charge in [-0.15, -0.1) is 0 Å². The highest BCUT2D eigenvalue weighted by Gasteiger charge is 2.10. The molecule has 0 amide bonds. The second-order valence-electron chi connectivity index (χ2n) is 4.96. The normalized spacial score (nSPS) is 10.9. The molecular weight excluding hydrogens is 314 g/mol. The Bertz CT molecular complexity index is 817. The summed E-state index contributed by atoms with van der Waals surface area (Å²) in [7, 11) is 0. The van der Waals surface area contributed by atoms with E-state index >= 15 is 0 Å². The SMILES string of the molecule is Cc1cc(C=O)c(C)n1-c1ccc2cc(Br)ccc2c1. The smallest absolute Gasteiger partial charge is 0.151 e. The first-order chi connectivity index (χ1) is 9.60. The highest BCUT2D eigenvalue weighted by Crippen LogP contribution is 2.25. The van der Waals surface area contributed by atoms with Gasteiger partial charge in [-0.3, -0.25) is 4.79 Å². The predicted molar refractivity (Wildman–Crippen MR) is 85.8 cm³/mol. The molecular formula is C17H14BrNO. The lowest BCUT2D eigenvalue weighted by Crippen LogP contribution is -1.99. The van der Waals surface area contributed by atoms with Crippen LogP contribution < -0.4 is 0 Å². The molecule has 0 radical (unpaired) electrons. The number of carbonyl (C=O) groups excluding carboxylic acids is 1. The number of halogens is 1. The van der Waals surface area contributed by atoms with Crippen molar-refractivity contribution in [1.82, 2.24) is 4.57 Å². The van der Waals surface area contributed by atoms with Gasteiger partial charge < -0.3 is 4.57 Å². The van der Waals surface area contributed by atoms with Crippen LogP contribution in [0.2, 0.25) is 0 Å². The van der Waals surface area contributed by atoms with Gasteiger partial charge in [0.1, 0.15) is 0 Å². The first kappa shape index (κ1) is 13.1. The lowest BCUT2D eigenvalue weighted by Gasteiger charge is -2.11. The van der Waals surface area contributed by atoms with Crippen LogP contribution in [0.5, 0.6) is 0 Å². The minimum Gasteiger partial charge on any atom is -0.318 e. The summed E-state index contributed by atoms with van der Waals surface area (Å²) >= 11 is 3.49. The molecule has 100 valence electrons. The van der Waals surface area contributed by atoms with Gasteiger partial charge in [0, 0.05) is 27.1 Å². The molecule has 0 fully saturated rings. The third-order valence-corrected chi connectivity index (χ3v) is 4.13. The average Bonchev–Trinajstić information content (AvgIpc) is 2.73. The molecule has 0 saturated carbocycles. The van der Waals surface area contributed by atoms with E-state index in [1.54, 1.807) is 0 Å². The summed E-state index contributed by atoms with van der Waals surface area (Å²) in [4.78, 5) is 11.1. The Morgan fingerprint density at radius 2 is 1.70 bits per heavy atom. The quantitative estimate of drug-likeness (QED) is 0.618. The zero-order valence-electron chi connectivity index (χ0n) is 11.4. The molecule has 1 heterocycles. The maximum absolute atomic E-state index is 11.1. The van der Waals surface area contributed by atoms with Gasteiger partial charge in [-0.25, -0.2) is 0 Å². The molecule has 2 nitrogen and oxygen atoms in total. The lowest BCUT2D eigenvalue weighted by molar-refractivity contribution is 0.112. The molecule has 2 aromatic carbocycles. The van der Waals surface area contributed by atoms with Gasteiger partial charge >= 0.3 is 0 Å². The Kier molecular flexibility index (Phi) is 3.22. The Balaban J connectivity index is 2.22. The van der Waals surface area contributed by atoms with Crippen LogP contribution in [0.3, 0.4) is 0 Å². The summed E-state index contributed by atoms with van der Waals surface area (Å²) < 4.78 is 3.19. The van der Waals surface area contributed by atoms with Crippen molar-refractivity contribution in [2.45, 2.75) is 13.8 Å². The first-order valence-electron chi connectivity index (χ1n) is 6.44. The third kappa shape index (κ3) is 2.08. The predicted octanol–water partition coefficient (Wildman–Crippen LogP) is 4.82. The molecule has 3 aromatic rings. The number of aryl methyl sites for hydroxylation is 1. The number of hydrogen-bond acceptors (Lipinski definition) is 1. The van der Waals surface area contributed by atoms with E-state index in [0.717, 1.165) is 33.4 Å². The van der Waals surface area contributed by atoms with Gasteiger partial charge in [0.2, 0.25) is 0 Å². The molecule has 3 heteroatoms. The van der Waals surface area contributed by atoms with Crippen LogP contribution in [0.4, 0.5) is 0 Å². The van der Waals surface area contributed by atoms with Gasteiger partial charge in [-0.2, -0.15) is 0 Å². The minimum absolute atomic E-state index is 0.749. The van der Waals surface area contributed by atoms with Gasteiger partial charge in [0.15, 0.2) is 6.29 Å². The van der Waals surface area contributed by atoms with Crippen LogP contribution in [0.25, 0.3) is 16.5 Å². The molecule has 0 bridgehead atoms. The van der Waals surface area contributed by atoms with E-state index in [-0.39, 0.29) is 0 Å². The molecule has 0 atom stereocenters. The molecule has 1 aromatic heterocycles. The summed E-state index contributed by atoms with van der Waals surface area (Å²) in [6.45, 7) is 3.99. The fourth-order valence-electron chi connectivity index (χ4n) is 2.65. The van der Waals surface area contributed by atoms with Crippen LogP contribution in [0, 0.1) is 13.8 Å². The number of aldehydes is 1. The molecule has 0 aliphatic rings. The Hall–Kier alpha value is -1.87. The minimum atomic E-state index is 0.749. The van der Waals surface area contributed by atoms with Crippen molar-refractivity contribution in [1.29, 1.82) is 0 Å². The van der Waals surface area contributed by atoms with Crippen LogP contribution in [0.1, 0.15) is 21.7 Å². The Morgan fingerprint density at radius 3 is 2.40 bits per heavy atom. The maximum Gasteiger partial charge on any atom is 0.151 e. The number of benzene rings is 2. The van der Waals surface area contributed by atoms with E-state index in [4.69, 9.17) is 0 Å². The van der Waals surface area contributed by atoms with Crippen LogP contribution >= 0.6 is 15.9 Å². The third-order valence-electron chi connectivity index (χ3n) is 3.64. The zero-order chi connectivity index (χ0) is 14.3. The van der Waals surface area contributed by atoms with Gasteiger partial charge in [0.25, 0.3) is 0 Å². The molecule has 0 aliphatic carbocycles. The van der Waals surface area contributed by atoms with E-state index in [2.05, 4.69) is 50.8 Å². The number of hydrogen-bond donors (Lipinski definition) is 0. The largest absolute Gasteiger partial charge is 0.318 e. The molecule has 0 unspecified atom stereocenters. The lowest BCUT2D eigenvalue weighted by atomic mass is 10.1. The van der Waals surface area contributed by atoms with E-state index in [0.29, 0.717) is 0 Å². The monoisotopic (exact) mass is 327 g/mol. The molecule has 0 N–H and O–H groups in total. The van der Waals surface area contributed by atoms with Crippen molar-refractivity contribution < 1.29 is 4.79 Å². The van der Waals surface area contributed by atoms with Crippen molar-refractivity contribution in [2.75, 3.05) is 0 Å². The summed E-state index contributed by atoms with van der Waals surface area (Å²) in [5.41, 5.74) is 3.89. The van der Waals surface area contributed by atoms with Gasteiger partial charge in [0.05, 0.1) is 0 Å². The highest BCUT2D eigenvalue weighted by atomic mass is 79.9. The Morgan fingerprint density at radius 1 is 1.00 bits per heavy atom. The number of carbonyl (C=O) groups is 1. The van der Waals surface area contributed by atoms with Crippen molar-refractivity contribution in [3.63, 3.8) is 0 Å². The van der Waals surface area contributed by atoms with Crippen molar-refractivity contribution in [3.05, 3.63) is 63.9 Å². The zero-order valence-corrected chi connectivity index (χ0v) is 12.9. The molecule has 3 rings (SSSR count). The topological polar surface area (TPSA) is 22.0 Å². The van der Waals surface area contributed by atoms with E-state index in [1.807, 2.05) is 26.0 Å². The number of rotatable bonds is 2. The maximum atomic E-state index is 11.1. The number of aromatic nitrogens is 1. The molecule has 20 heavy (non-hydrogen) atoms. The van der Waals surface area contributed by atoms with Crippen LogP contribution in [0.15, 0.2) is 46.9 Å².